The number of carbonyl (C=O) groups is 1. The summed E-state index contributed by atoms with van der Waals surface area (Å²) in [5, 5.41) is 7.04. The maximum absolute atomic E-state index is 13.6. The molecule has 6 nitrogen and oxygen atoms in total. The monoisotopic (exact) mass is 513 g/mol. The van der Waals surface area contributed by atoms with Crippen molar-refractivity contribution in [1.29, 1.82) is 0 Å². The fourth-order valence-electron chi connectivity index (χ4n) is 4.83. The van der Waals surface area contributed by atoms with E-state index in [2.05, 4.69) is 27.4 Å². The highest BCUT2D eigenvalue weighted by Crippen LogP contribution is 2.39. The first kappa shape index (κ1) is 24.6. The van der Waals surface area contributed by atoms with E-state index in [1.165, 1.54) is 12.1 Å². The van der Waals surface area contributed by atoms with Crippen molar-refractivity contribution in [3.8, 4) is 5.69 Å². The van der Waals surface area contributed by atoms with E-state index in [-0.39, 0.29) is 30.2 Å². The van der Waals surface area contributed by atoms with Crippen LogP contribution in [0.5, 0.6) is 0 Å². The van der Waals surface area contributed by atoms with Crippen LogP contribution in [0.15, 0.2) is 91.3 Å². The molecule has 1 fully saturated rings. The summed E-state index contributed by atoms with van der Waals surface area (Å²) in [4.78, 5) is 19.6. The number of anilines is 1. The maximum Gasteiger partial charge on any atom is 0.226 e. The van der Waals surface area contributed by atoms with Gasteiger partial charge in [-0.25, -0.2) is 4.39 Å². The second kappa shape index (κ2) is 10.9. The van der Waals surface area contributed by atoms with Crippen molar-refractivity contribution in [1.82, 2.24) is 19.8 Å². The van der Waals surface area contributed by atoms with Crippen LogP contribution < -0.4 is 10.6 Å². The van der Waals surface area contributed by atoms with Gasteiger partial charge in [-0.15, -0.1) is 0 Å². The molecule has 37 heavy (non-hydrogen) atoms. The zero-order chi connectivity index (χ0) is 25.8. The molecular formula is C29H28FN5OS. The summed E-state index contributed by atoms with van der Waals surface area (Å²) in [6, 6.07) is 23.6. The van der Waals surface area contributed by atoms with Gasteiger partial charge >= 0.3 is 0 Å². The van der Waals surface area contributed by atoms with Crippen LogP contribution in [0.1, 0.15) is 42.4 Å². The lowest BCUT2D eigenvalue weighted by molar-refractivity contribution is -0.116. The number of thiocarbonyl (C=S) groups is 1. The number of rotatable bonds is 8. The molecular weight excluding hydrogens is 485 g/mol. The van der Waals surface area contributed by atoms with Crippen LogP contribution in [0, 0.1) is 5.82 Å². The third-order valence-corrected chi connectivity index (χ3v) is 6.99. The van der Waals surface area contributed by atoms with Crippen LogP contribution in [-0.2, 0) is 11.2 Å². The van der Waals surface area contributed by atoms with Gasteiger partial charge in [0.1, 0.15) is 5.82 Å². The molecule has 5 rings (SSSR count). The third-order valence-electron chi connectivity index (χ3n) is 6.64. The Kier molecular flexibility index (Phi) is 7.28. The number of halogens is 1. The van der Waals surface area contributed by atoms with E-state index >= 15 is 0 Å². The Morgan fingerprint density at radius 1 is 1.05 bits per heavy atom. The highest BCUT2D eigenvalue weighted by atomic mass is 32.1. The number of aryl methyl sites for hydroxylation is 1. The van der Waals surface area contributed by atoms with Gasteiger partial charge in [-0.2, -0.15) is 0 Å². The fourth-order valence-corrected chi connectivity index (χ4v) is 5.16. The largest absolute Gasteiger partial charge is 0.352 e. The van der Waals surface area contributed by atoms with Crippen molar-refractivity contribution in [3.63, 3.8) is 0 Å². The average molecular weight is 514 g/mol. The van der Waals surface area contributed by atoms with Crippen LogP contribution in [-0.4, -0.2) is 32.0 Å². The summed E-state index contributed by atoms with van der Waals surface area (Å²) in [6.07, 6.45) is 4.82. The van der Waals surface area contributed by atoms with Crippen LogP contribution in [0.3, 0.4) is 0 Å². The lowest BCUT2D eigenvalue weighted by Crippen LogP contribution is -2.33. The highest BCUT2D eigenvalue weighted by molar-refractivity contribution is 7.80. The summed E-state index contributed by atoms with van der Waals surface area (Å²) in [6.45, 7) is 2.49. The molecule has 0 radical (unpaired) electrons. The van der Waals surface area contributed by atoms with E-state index in [9.17, 15) is 9.18 Å². The smallest absolute Gasteiger partial charge is 0.226 e. The van der Waals surface area contributed by atoms with Crippen molar-refractivity contribution < 1.29 is 9.18 Å². The number of nitrogens with one attached hydrogen (secondary N) is 2. The zero-order valence-electron chi connectivity index (χ0n) is 20.5. The number of amides is 1. The molecule has 3 heterocycles. The highest BCUT2D eigenvalue weighted by Gasteiger charge is 2.41. The van der Waals surface area contributed by atoms with Gasteiger partial charge in [-0.1, -0.05) is 31.2 Å². The quantitative estimate of drug-likeness (QED) is 0.302. The van der Waals surface area contributed by atoms with Crippen molar-refractivity contribution >= 4 is 28.9 Å². The average Bonchev–Trinajstić information content (AvgIpc) is 3.53. The van der Waals surface area contributed by atoms with E-state index in [0.29, 0.717) is 11.7 Å². The molecule has 2 N–H and O–H groups in total. The van der Waals surface area contributed by atoms with Crippen LogP contribution >= 0.6 is 12.2 Å². The Bertz CT molecular complexity index is 1390. The second-order valence-corrected chi connectivity index (χ2v) is 9.30. The number of carbonyl (C=O) groups excluding carboxylic acids is 1. The van der Waals surface area contributed by atoms with E-state index in [1.807, 2.05) is 65.4 Å². The Hall–Kier alpha value is -4.04. The van der Waals surface area contributed by atoms with E-state index in [4.69, 9.17) is 12.2 Å². The van der Waals surface area contributed by atoms with Gasteiger partial charge in [0.05, 0.1) is 17.8 Å². The Balaban J connectivity index is 1.43. The van der Waals surface area contributed by atoms with Crippen molar-refractivity contribution in [2.24, 2.45) is 0 Å². The molecule has 8 heteroatoms. The van der Waals surface area contributed by atoms with E-state index in [0.717, 1.165) is 34.7 Å². The van der Waals surface area contributed by atoms with Gasteiger partial charge in [0.25, 0.3) is 0 Å². The molecule has 2 aromatic heterocycles. The lowest BCUT2D eigenvalue weighted by Gasteiger charge is -2.29. The Morgan fingerprint density at radius 3 is 2.59 bits per heavy atom. The van der Waals surface area contributed by atoms with Gasteiger partial charge in [-0.3, -0.25) is 9.78 Å². The number of hydrogen-bond acceptors (Lipinski definition) is 3. The lowest BCUT2D eigenvalue weighted by atomic mass is 10.0. The molecule has 0 unspecified atom stereocenters. The van der Waals surface area contributed by atoms with Crippen LogP contribution in [0.4, 0.5) is 10.1 Å². The summed E-state index contributed by atoms with van der Waals surface area (Å²) >= 11 is 5.76. The predicted octanol–water partition coefficient (Wildman–Crippen LogP) is 5.58. The molecule has 0 spiro atoms. The van der Waals surface area contributed by atoms with E-state index in [1.54, 1.807) is 18.3 Å². The molecule has 188 valence electrons. The molecule has 4 aromatic rings. The summed E-state index contributed by atoms with van der Waals surface area (Å²) in [5.74, 6) is -0.359. The SMILES string of the molecule is CCc1ccccc1NC(=O)CCN1C(=S)N[C@@H](c2ccccn2)[C@H]1c1cccn1-c1ccc(F)cc1. The minimum Gasteiger partial charge on any atom is -0.352 e. The molecule has 1 saturated heterocycles. The summed E-state index contributed by atoms with van der Waals surface area (Å²) in [5.41, 5.74) is 4.59. The van der Waals surface area contributed by atoms with Gasteiger partial charge in [0, 0.05) is 42.4 Å². The number of nitrogens with zero attached hydrogens (tertiary/aromatic N) is 3. The molecule has 0 aliphatic carbocycles. The molecule has 2 atom stereocenters. The molecule has 2 aromatic carbocycles. The van der Waals surface area contributed by atoms with Gasteiger partial charge in [0.15, 0.2) is 5.11 Å². The van der Waals surface area contributed by atoms with Gasteiger partial charge in [0.2, 0.25) is 5.91 Å². The van der Waals surface area contributed by atoms with Crippen molar-refractivity contribution in [3.05, 3.63) is 114 Å². The molecule has 1 aliphatic heterocycles. The van der Waals surface area contributed by atoms with Crippen LogP contribution in [0.2, 0.25) is 0 Å². The molecule has 1 amide bonds. The molecule has 0 saturated carbocycles. The van der Waals surface area contributed by atoms with Crippen molar-refractivity contribution in [2.75, 3.05) is 11.9 Å². The molecule has 1 aliphatic rings. The predicted molar refractivity (Wildman–Crippen MR) is 147 cm³/mol. The number of para-hydroxylation sites is 1. The first-order valence-corrected chi connectivity index (χ1v) is 12.7. The minimum atomic E-state index is -0.287. The van der Waals surface area contributed by atoms with E-state index < -0.39 is 0 Å². The Labute approximate surface area is 221 Å². The van der Waals surface area contributed by atoms with Gasteiger partial charge < -0.3 is 20.1 Å². The normalized spacial score (nSPS) is 17.0. The number of benzene rings is 2. The van der Waals surface area contributed by atoms with Crippen LogP contribution in [0.25, 0.3) is 5.69 Å². The zero-order valence-corrected chi connectivity index (χ0v) is 21.3. The third kappa shape index (κ3) is 5.24. The number of aromatic nitrogens is 2. The topological polar surface area (TPSA) is 62.2 Å². The maximum atomic E-state index is 13.6. The fraction of sp³-hybridized carbons (Fsp3) is 0.207. The second-order valence-electron chi connectivity index (χ2n) is 8.91. The van der Waals surface area contributed by atoms with Gasteiger partial charge in [-0.05, 0) is 78.8 Å². The number of pyridine rings is 1. The number of hydrogen-bond donors (Lipinski definition) is 2. The first-order valence-electron chi connectivity index (χ1n) is 12.3. The Morgan fingerprint density at radius 2 is 1.84 bits per heavy atom. The minimum absolute atomic E-state index is 0.0716. The summed E-state index contributed by atoms with van der Waals surface area (Å²) in [7, 11) is 0. The van der Waals surface area contributed by atoms with Crippen molar-refractivity contribution in [2.45, 2.75) is 31.8 Å². The first-order chi connectivity index (χ1) is 18.0. The standard InChI is InChI=1S/C29H28FN5OS/c1-2-20-8-3-4-9-23(20)32-26(36)16-19-35-28(27(33-29(35)37)24-10-5-6-17-31-24)25-11-7-18-34(25)22-14-12-21(30)13-15-22/h3-15,17-18,27-28H,2,16,19H2,1H3,(H,32,36)(H,33,37)/t27-,28+/m0/s1. The summed E-state index contributed by atoms with van der Waals surface area (Å²) < 4.78 is 15.6. The molecule has 0 bridgehead atoms.